The standard InChI is InChI=1S/C26H23N7O/c1-18-7-9-19(10-8-18)11-12-32(17-21-5-2-4-20(14-21)16-27)24-15-23(28)33-26(29-24)30-25(31-33)22-6-3-13-34-22/h2-10,13-15H,11-12,17,28H2,1H3. The van der Waals surface area contributed by atoms with Crippen LogP contribution >= 0.6 is 0 Å². The highest BCUT2D eigenvalue weighted by Crippen LogP contribution is 2.23. The van der Waals surface area contributed by atoms with Crippen LogP contribution in [0.25, 0.3) is 17.4 Å². The monoisotopic (exact) mass is 449 g/mol. The van der Waals surface area contributed by atoms with E-state index in [-0.39, 0.29) is 0 Å². The van der Waals surface area contributed by atoms with Gasteiger partial charge in [-0.3, -0.25) is 0 Å². The molecular weight excluding hydrogens is 426 g/mol. The number of fused-ring (bicyclic) bond motifs is 1. The molecule has 34 heavy (non-hydrogen) atoms. The van der Waals surface area contributed by atoms with E-state index in [2.05, 4.69) is 52.2 Å². The van der Waals surface area contributed by atoms with Gasteiger partial charge in [-0.1, -0.05) is 42.0 Å². The Kier molecular flexibility index (Phi) is 5.67. The minimum Gasteiger partial charge on any atom is -0.461 e. The first-order valence-electron chi connectivity index (χ1n) is 11.0. The number of hydrogen-bond acceptors (Lipinski definition) is 7. The number of aromatic nitrogens is 4. The van der Waals surface area contributed by atoms with Gasteiger partial charge in [0.2, 0.25) is 5.82 Å². The average molecular weight is 450 g/mol. The van der Waals surface area contributed by atoms with Gasteiger partial charge in [-0.15, -0.1) is 5.10 Å². The molecule has 0 saturated heterocycles. The van der Waals surface area contributed by atoms with Gasteiger partial charge in [-0.05, 0) is 48.7 Å². The molecule has 3 aromatic heterocycles. The molecule has 2 N–H and O–H groups in total. The lowest BCUT2D eigenvalue weighted by atomic mass is 10.1. The fraction of sp³-hybridized carbons (Fsp3) is 0.154. The van der Waals surface area contributed by atoms with Crippen molar-refractivity contribution in [2.45, 2.75) is 19.9 Å². The highest BCUT2D eigenvalue weighted by Gasteiger charge is 2.17. The van der Waals surface area contributed by atoms with E-state index in [1.165, 1.54) is 15.6 Å². The fourth-order valence-electron chi connectivity index (χ4n) is 3.80. The van der Waals surface area contributed by atoms with Gasteiger partial charge in [0.1, 0.15) is 11.6 Å². The number of anilines is 2. The molecule has 2 aromatic carbocycles. The van der Waals surface area contributed by atoms with Crippen LogP contribution in [-0.2, 0) is 13.0 Å². The van der Waals surface area contributed by atoms with Crippen LogP contribution in [-0.4, -0.2) is 26.1 Å². The summed E-state index contributed by atoms with van der Waals surface area (Å²) in [7, 11) is 0. The Morgan fingerprint density at radius 1 is 1.03 bits per heavy atom. The smallest absolute Gasteiger partial charge is 0.256 e. The van der Waals surface area contributed by atoms with Gasteiger partial charge in [0, 0.05) is 19.2 Å². The maximum absolute atomic E-state index is 9.30. The number of nitrogens with two attached hydrogens (primary N) is 1. The van der Waals surface area contributed by atoms with Crippen molar-refractivity contribution in [2.75, 3.05) is 17.2 Å². The zero-order valence-corrected chi connectivity index (χ0v) is 18.7. The predicted octanol–water partition coefficient (Wildman–Crippen LogP) is 4.40. The predicted molar refractivity (Wildman–Crippen MR) is 130 cm³/mol. The number of nitriles is 1. The lowest BCUT2D eigenvalue weighted by Gasteiger charge is -2.24. The minimum absolute atomic E-state index is 0.396. The maximum atomic E-state index is 9.30. The topological polar surface area (TPSA) is 109 Å². The van der Waals surface area contributed by atoms with Crippen molar-refractivity contribution < 1.29 is 4.42 Å². The van der Waals surface area contributed by atoms with Crippen LogP contribution in [0.15, 0.2) is 77.4 Å². The Bertz CT molecular complexity index is 1460. The van der Waals surface area contributed by atoms with Gasteiger partial charge in [0.25, 0.3) is 5.78 Å². The van der Waals surface area contributed by atoms with Crippen LogP contribution in [0.2, 0.25) is 0 Å². The Balaban J connectivity index is 1.49. The molecule has 0 aliphatic heterocycles. The van der Waals surface area contributed by atoms with Crippen LogP contribution in [0.1, 0.15) is 22.3 Å². The third kappa shape index (κ3) is 4.45. The molecule has 5 rings (SSSR count). The second-order valence-electron chi connectivity index (χ2n) is 8.13. The van der Waals surface area contributed by atoms with Crippen molar-refractivity contribution in [3.05, 3.63) is 95.2 Å². The molecule has 8 nitrogen and oxygen atoms in total. The number of nitrogen functional groups attached to an aromatic ring is 1. The van der Waals surface area contributed by atoms with Crippen LogP contribution < -0.4 is 10.6 Å². The van der Waals surface area contributed by atoms with Crippen molar-refractivity contribution in [2.24, 2.45) is 0 Å². The summed E-state index contributed by atoms with van der Waals surface area (Å²) in [5.41, 5.74) is 10.4. The molecule has 0 unspecified atom stereocenters. The molecule has 0 atom stereocenters. The van der Waals surface area contributed by atoms with Gasteiger partial charge in [0.05, 0.1) is 17.9 Å². The zero-order valence-electron chi connectivity index (χ0n) is 18.7. The molecule has 8 heteroatoms. The maximum Gasteiger partial charge on any atom is 0.256 e. The van der Waals surface area contributed by atoms with Crippen molar-refractivity contribution >= 4 is 17.4 Å². The summed E-state index contributed by atoms with van der Waals surface area (Å²) in [4.78, 5) is 11.4. The quantitative estimate of drug-likeness (QED) is 0.392. The normalized spacial score (nSPS) is 10.9. The number of nitrogens with zero attached hydrogens (tertiary/aromatic N) is 6. The van der Waals surface area contributed by atoms with Gasteiger partial charge < -0.3 is 15.1 Å². The zero-order chi connectivity index (χ0) is 23.5. The van der Waals surface area contributed by atoms with E-state index in [1.54, 1.807) is 30.5 Å². The van der Waals surface area contributed by atoms with E-state index in [0.29, 0.717) is 47.7 Å². The van der Waals surface area contributed by atoms with Gasteiger partial charge in [0.15, 0.2) is 5.76 Å². The third-order valence-corrected chi connectivity index (χ3v) is 5.61. The molecule has 0 spiro atoms. The largest absolute Gasteiger partial charge is 0.461 e. The molecule has 5 aromatic rings. The van der Waals surface area contributed by atoms with Crippen LogP contribution in [0, 0.1) is 18.3 Å². The SMILES string of the molecule is Cc1ccc(CCN(Cc2cccc(C#N)c2)c2cc(N)n3nc(-c4ccco4)nc3n2)cc1. The average Bonchev–Trinajstić information content (AvgIpc) is 3.53. The molecule has 0 bridgehead atoms. The van der Waals surface area contributed by atoms with Gasteiger partial charge in [-0.25, -0.2) is 0 Å². The lowest BCUT2D eigenvalue weighted by Crippen LogP contribution is -2.27. The highest BCUT2D eigenvalue weighted by molar-refractivity contribution is 5.58. The Labute approximate surface area is 196 Å². The second kappa shape index (κ2) is 9.08. The van der Waals surface area contributed by atoms with E-state index >= 15 is 0 Å². The lowest BCUT2D eigenvalue weighted by molar-refractivity contribution is 0.577. The number of hydrogen-bond donors (Lipinski definition) is 1. The molecule has 0 radical (unpaired) electrons. The van der Waals surface area contributed by atoms with E-state index < -0.39 is 0 Å². The number of benzene rings is 2. The van der Waals surface area contributed by atoms with E-state index in [4.69, 9.17) is 15.1 Å². The molecule has 0 fully saturated rings. The van der Waals surface area contributed by atoms with Crippen molar-refractivity contribution in [3.8, 4) is 17.7 Å². The summed E-state index contributed by atoms with van der Waals surface area (Å²) in [6.07, 6.45) is 2.40. The van der Waals surface area contributed by atoms with Gasteiger partial charge in [-0.2, -0.15) is 19.7 Å². The number of furan rings is 1. The Morgan fingerprint density at radius 3 is 2.65 bits per heavy atom. The molecule has 0 aliphatic carbocycles. The molecule has 0 saturated carbocycles. The number of rotatable bonds is 7. The summed E-state index contributed by atoms with van der Waals surface area (Å²) in [6.45, 7) is 3.36. The number of aryl methyl sites for hydroxylation is 1. The van der Waals surface area contributed by atoms with Crippen molar-refractivity contribution in [1.29, 1.82) is 5.26 Å². The van der Waals surface area contributed by atoms with Crippen molar-refractivity contribution in [1.82, 2.24) is 19.6 Å². The molecule has 0 amide bonds. The Hall–Kier alpha value is -4.64. The molecule has 0 aliphatic rings. The molecule has 168 valence electrons. The minimum atomic E-state index is 0.396. The first kappa shape index (κ1) is 21.2. The summed E-state index contributed by atoms with van der Waals surface area (Å²) >= 11 is 0. The second-order valence-corrected chi connectivity index (χ2v) is 8.13. The first-order chi connectivity index (χ1) is 16.6. The third-order valence-electron chi connectivity index (χ3n) is 5.61. The van der Waals surface area contributed by atoms with E-state index in [0.717, 1.165) is 12.0 Å². The van der Waals surface area contributed by atoms with Crippen LogP contribution in [0.4, 0.5) is 11.6 Å². The first-order valence-corrected chi connectivity index (χ1v) is 11.0. The highest BCUT2D eigenvalue weighted by atomic mass is 16.3. The molecular formula is C26H23N7O. The van der Waals surface area contributed by atoms with E-state index in [9.17, 15) is 5.26 Å². The van der Waals surface area contributed by atoms with Crippen LogP contribution in [0.5, 0.6) is 0 Å². The molecule has 3 heterocycles. The van der Waals surface area contributed by atoms with E-state index in [1.807, 2.05) is 18.2 Å². The fourth-order valence-corrected chi connectivity index (χ4v) is 3.80. The van der Waals surface area contributed by atoms with Crippen molar-refractivity contribution in [3.63, 3.8) is 0 Å². The Morgan fingerprint density at radius 2 is 1.88 bits per heavy atom. The summed E-state index contributed by atoms with van der Waals surface area (Å²) in [6, 6.07) is 23.7. The van der Waals surface area contributed by atoms with Crippen LogP contribution in [0.3, 0.4) is 0 Å². The summed E-state index contributed by atoms with van der Waals surface area (Å²) in [5, 5.41) is 13.7. The van der Waals surface area contributed by atoms with Gasteiger partial charge >= 0.3 is 0 Å². The summed E-state index contributed by atoms with van der Waals surface area (Å²) in [5.74, 6) is 2.49. The summed E-state index contributed by atoms with van der Waals surface area (Å²) < 4.78 is 6.93.